The van der Waals surface area contributed by atoms with Gasteiger partial charge in [0.2, 0.25) is 0 Å². The molecule has 74 valence electrons. The molecule has 0 radical (unpaired) electrons. The highest BCUT2D eigenvalue weighted by Crippen LogP contribution is 2.06. The van der Waals surface area contributed by atoms with Crippen molar-refractivity contribution in [1.29, 1.82) is 0 Å². The Kier molecular flexibility index (Phi) is 3.79. The van der Waals surface area contributed by atoms with Crippen LogP contribution < -0.4 is 0 Å². The topological polar surface area (TPSA) is 43.6 Å². The monoisotopic (exact) mass is 190 g/mol. The van der Waals surface area contributed by atoms with Crippen LogP contribution in [0, 0.1) is 6.92 Å². The number of aryl methyl sites for hydroxylation is 1. The second-order valence-electron chi connectivity index (χ2n) is 2.59. The van der Waals surface area contributed by atoms with Crippen LogP contribution in [0.1, 0.15) is 19.4 Å². The standard InChI is InChI=1S/C8H8N4.C2H6/c1-7-3-2-4-8(5-7)12-6-9-10-11-12;1-2/h2-6H,1H3;1-2H3. The maximum Gasteiger partial charge on any atom is 0.143 e. The van der Waals surface area contributed by atoms with Gasteiger partial charge in [0, 0.05) is 0 Å². The molecular weight excluding hydrogens is 176 g/mol. The van der Waals surface area contributed by atoms with Crippen molar-refractivity contribution in [3.63, 3.8) is 0 Å². The van der Waals surface area contributed by atoms with Crippen LogP contribution in [0.3, 0.4) is 0 Å². The lowest BCUT2D eigenvalue weighted by atomic mass is 10.2. The summed E-state index contributed by atoms with van der Waals surface area (Å²) in [7, 11) is 0. The first-order valence-corrected chi connectivity index (χ1v) is 4.66. The van der Waals surface area contributed by atoms with E-state index in [1.54, 1.807) is 11.0 Å². The minimum Gasteiger partial charge on any atom is -0.201 e. The lowest BCUT2D eigenvalue weighted by Gasteiger charge is -1.98. The molecule has 0 bridgehead atoms. The number of tetrazole rings is 1. The molecule has 0 fully saturated rings. The molecule has 1 aromatic carbocycles. The molecule has 2 rings (SSSR count). The molecule has 1 aromatic heterocycles. The summed E-state index contributed by atoms with van der Waals surface area (Å²) in [5.41, 5.74) is 2.18. The van der Waals surface area contributed by atoms with Crippen molar-refractivity contribution in [3.05, 3.63) is 36.2 Å². The summed E-state index contributed by atoms with van der Waals surface area (Å²) >= 11 is 0. The van der Waals surface area contributed by atoms with Crippen LogP contribution in [0.25, 0.3) is 5.69 Å². The van der Waals surface area contributed by atoms with Gasteiger partial charge in [-0.05, 0) is 35.0 Å². The number of benzene rings is 1. The number of aromatic nitrogens is 4. The molecule has 0 saturated carbocycles. The van der Waals surface area contributed by atoms with Gasteiger partial charge in [-0.3, -0.25) is 0 Å². The molecule has 4 nitrogen and oxygen atoms in total. The molecule has 0 amide bonds. The van der Waals surface area contributed by atoms with Crippen LogP contribution in [0.2, 0.25) is 0 Å². The molecule has 1 heterocycles. The maximum atomic E-state index is 3.78. The first kappa shape index (κ1) is 10.4. The van der Waals surface area contributed by atoms with Gasteiger partial charge in [0.1, 0.15) is 6.33 Å². The summed E-state index contributed by atoms with van der Waals surface area (Å²) in [6, 6.07) is 8.00. The highest BCUT2D eigenvalue weighted by Gasteiger charge is 1.95. The summed E-state index contributed by atoms with van der Waals surface area (Å²) in [6.45, 7) is 6.04. The van der Waals surface area contributed by atoms with Crippen molar-refractivity contribution in [2.45, 2.75) is 20.8 Å². The molecular formula is C10H14N4. The Morgan fingerprint density at radius 1 is 1.21 bits per heavy atom. The van der Waals surface area contributed by atoms with Crippen LogP contribution in [0.4, 0.5) is 0 Å². The molecule has 0 N–H and O–H groups in total. The van der Waals surface area contributed by atoms with Crippen molar-refractivity contribution in [2.24, 2.45) is 0 Å². The van der Waals surface area contributed by atoms with Crippen LogP contribution in [0.15, 0.2) is 30.6 Å². The minimum absolute atomic E-state index is 0.986. The molecule has 0 aliphatic heterocycles. The van der Waals surface area contributed by atoms with Gasteiger partial charge in [-0.2, -0.15) is 0 Å². The summed E-state index contributed by atoms with van der Waals surface area (Å²) < 4.78 is 1.63. The molecule has 2 aromatic rings. The summed E-state index contributed by atoms with van der Waals surface area (Å²) in [6.07, 6.45) is 1.58. The lowest BCUT2D eigenvalue weighted by molar-refractivity contribution is 0.788. The molecule has 4 heteroatoms. The molecule has 0 spiro atoms. The van der Waals surface area contributed by atoms with Gasteiger partial charge in [-0.15, -0.1) is 5.10 Å². The number of hydrogen-bond acceptors (Lipinski definition) is 3. The van der Waals surface area contributed by atoms with E-state index in [0.29, 0.717) is 0 Å². The first-order chi connectivity index (χ1) is 6.86. The molecule has 14 heavy (non-hydrogen) atoms. The molecule has 0 atom stereocenters. The van der Waals surface area contributed by atoms with Crippen LogP contribution in [0.5, 0.6) is 0 Å². The normalized spacial score (nSPS) is 9.07. The van der Waals surface area contributed by atoms with Gasteiger partial charge in [-0.25, -0.2) is 4.68 Å². The Balaban J connectivity index is 0.000000461. The van der Waals surface area contributed by atoms with E-state index in [-0.39, 0.29) is 0 Å². The Labute approximate surface area is 83.6 Å². The van der Waals surface area contributed by atoms with Crippen molar-refractivity contribution in [2.75, 3.05) is 0 Å². The third kappa shape index (κ3) is 2.39. The van der Waals surface area contributed by atoms with E-state index < -0.39 is 0 Å². The Hall–Kier alpha value is -1.71. The van der Waals surface area contributed by atoms with E-state index >= 15 is 0 Å². The predicted octanol–water partition coefficient (Wildman–Crippen LogP) is 2.00. The fourth-order valence-electron chi connectivity index (χ4n) is 1.05. The number of rotatable bonds is 1. The zero-order valence-electron chi connectivity index (χ0n) is 8.68. The van der Waals surface area contributed by atoms with Crippen LogP contribution >= 0.6 is 0 Å². The third-order valence-electron chi connectivity index (χ3n) is 1.62. The Bertz CT molecular complexity index is 367. The molecule has 0 unspecified atom stereocenters. The Morgan fingerprint density at radius 3 is 2.57 bits per heavy atom. The molecule has 0 aliphatic rings. The smallest absolute Gasteiger partial charge is 0.143 e. The average molecular weight is 190 g/mol. The van der Waals surface area contributed by atoms with Gasteiger partial charge in [0.25, 0.3) is 0 Å². The molecule has 0 aliphatic carbocycles. The SMILES string of the molecule is CC.Cc1cccc(-n2cnnn2)c1. The predicted molar refractivity (Wildman–Crippen MR) is 55.2 cm³/mol. The van der Waals surface area contributed by atoms with E-state index in [4.69, 9.17) is 0 Å². The Morgan fingerprint density at radius 2 is 2.00 bits per heavy atom. The van der Waals surface area contributed by atoms with E-state index in [9.17, 15) is 0 Å². The van der Waals surface area contributed by atoms with E-state index in [0.717, 1.165) is 5.69 Å². The van der Waals surface area contributed by atoms with Crippen molar-refractivity contribution in [3.8, 4) is 5.69 Å². The van der Waals surface area contributed by atoms with Gasteiger partial charge < -0.3 is 0 Å². The highest BCUT2D eigenvalue weighted by atomic mass is 15.5. The van der Waals surface area contributed by atoms with Gasteiger partial charge in [0.05, 0.1) is 5.69 Å². The number of nitrogens with zero attached hydrogens (tertiary/aromatic N) is 4. The van der Waals surface area contributed by atoms with Gasteiger partial charge >= 0.3 is 0 Å². The zero-order valence-corrected chi connectivity index (χ0v) is 8.68. The fraction of sp³-hybridized carbons (Fsp3) is 0.300. The first-order valence-electron chi connectivity index (χ1n) is 4.66. The van der Waals surface area contributed by atoms with Crippen molar-refractivity contribution in [1.82, 2.24) is 20.2 Å². The fourth-order valence-corrected chi connectivity index (χ4v) is 1.05. The minimum atomic E-state index is 0.986. The summed E-state index contributed by atoms with van der Waals surface area (Å²) in [4.78, 5) is 0. The molecule has 0 saturated heterocycles. The van der Waals surface area contributed by atoms with E-state index in [2.05, 4.69) is 15.5 Å². The van der Waals surface area contributed by atoms with Crippen LogP contribution in [-0.4, -0.2) is 20.2 Å². The number of hydrogen-bond donors (Lipinski definition) is 0. The summed E-state index contributed by atoms with van der Waals surface area (Å²) in [5, 5.41) is 10.9. The van der Waals surface area contributed by atoms with Gasteiger partial charge in [0.15, 0.2) is 0 Å². The van der Waals surface area contributed by atoms with Crippen molar-refractivity contribution < 1.29 is 0 Å². The van der Waals surface area contributed by atoms with Gasteiger partial charge in [-0.1, -0.05) is 26.0 Å². The largest absolute Gasteiger partial charge is 0.201 e. The average Bonchev–Trinajstić information content (AvgIpc) is 2.74. The quantitative estimate of drug-likeness (QED) is 0.690. The second-order valence-corrected chi connectivity index (χ2v) is 2.59. The van der Waals surface area contributed by atoms with Crippen molar-refractivity contribution >= 4 is 0 Å². The zero-order chi connectivity index (χ0) is 10.4. The van der Waals surface area contributed by atoms with Crippen LogP contribution in [-0.2, 0) is 0 Å². The highest BCUT2D eigenvalue weighted by molar-refractivity contribution is 5.33. The summed E-state index contributed by atoms with van der Waals surface area (Å²) in [5.74, 6) is 0. The van der Waals surface area contributed by atoms with E-state index in [1.807, 2.05) is 45.0 Å². The lowest BCUT2D eigenvalue weighted by Crippen LogP contribution is -1.94. The van der Waals surface area contributed by atoms with E-state index in [1.165, 1.54) is 5.56 Å². The third-order valence-corrected chi connectivity index (χ3v) is 1.62. The maximum absolute atomic E-state index is 3.78. The second kappa shape index (κ2) is 5.11.